The van der Waals surface area contributed by atoms with Crippen LogP contribution in [0.15, 0.2) is 12.1 Å². The summed E-state index contributed by atoms with van der Waals surface area (Å²) < 4.78 is 0. The van der Waals surface area contributed by atoms with Crippen LogP contribution in [0.1, 0.15) is 50.5 Å². The van der Waals surface area contributed by atoms with Crippen molar-refractivity contribution in [3.8, 4) is 0 Å². The van der Waals surface area contributed by atoms with Crippen molar-refractivity contribution in [3.05, 3.63) is 17.8 Å². The summed E-state index contributed by atoms with van der Waals surface area (Å²) in [5, 5.41) is 7.72. The number of anilines is 1. The summed E-state index contributed by atoms with van der Waals surface area (Å²) in [6, 6.07) is 3.43. The second-order valence-electron chi connectivity index (χ2n) is 4.75. The first-order valence-electron chi connectivity index (χ1n) is 6.71. The van der Waals surface area contributed by atoms with Crippen LogP contribution in [-0.2, 0) is 0 Å². The Bertz CT molecular complexity index is 391. The maximum Gasteiger partial charge on any atom is 0.274 e. The van der Waals surface area contributed by atoms with Gasteiger partial charge >= 0.3 is 0 Å². The molecular formula is C13H23N5O. The van der Waals surface area contributed by atoms with Gasteiger partial charge < -0.3 is 10.3 Å². The van der Waals surface area contributed by atoms with Crippen molar-refractivity contribution in [1.82, 2.24) is 15.1 Å². The lowest BCUT2D eigenvalue weighted by atomic mass is 10.2. The van der Waals surface area contributed by atoms with E-state index in [0.717, 1.165) is 25.8 Å². The number of amides is 1. The van der Waals surface area contributed by atoms with Gasteiger partial charge in [0.2, 0.25) is 0 Å². The van der Waals surface area contributed by atoms with Crippen LogP contribution in [0, 0.1) is 0 Å². The van der Waals surface area contributed by atoms with Crippen molar-refractivity contribution >= 4 is 11.7 Å². The number of hydrogen-bond acceptors (Lipinski definition) is 5. The predicted octanol–water partition coefficient (Wildman–Crippen LogP) is 1.80. The second kappa shape index (κ2) is 7.68. The number of nitrogen functional groups attached to an aromatic ring is 1. The number of carbonyl (C=O) groups excluding carboxylic acids is 1. The van der Waals surface area contributed by atoms with Crippen LogP contribution in [0.2, 0.25) is 0 Å². The average Bonchev–Trinajstić information content (AvgIpc) is 2.42. The van der Waals surface area contributed by atoms with Gasteiger partial charge in [0, 0.05) is 12.6 Å². The number of nitrogens with one attached hydrogen (secondary N) is 1. The van der Waals surface area contributed by atoms with E-state index >= 15 is 0 Å². The molecule has 106 valence electrons. The number of carbonyl (C=O) groups is 1. The number of hydrazine groups is 1. The van der Waals surface area contributed by atoms with E-state index in [1.165, 1.54) is 0 Å². The standard InChI is InChI=1S/C13H23N5O/c1-4-5-6-9-18(10(2)3)13(19)11-7-8-12(15-14)17-16-11/h7-8,10H,4-6,9,14H2,1-3H3,(H,15,17). The van der Waals surface area contributed by atoms with E-state index in [-0.39, 0.29) is 11.9 Å². The highest BCUT2D eigenvalue weighted by molar-refractivity contribution is 5.92. The maximum atomic E-state index is 12.4. The molecule has 6 heteroatoms. The topological polar surface area (TPSA) is 84.1 Å². The molecule has 0 saturated carbocycles. The Morgan fingerprint density at radius 1 is 1.37 bits per heavy atom. The van der Waals surface area contributed by atoms with E-state index < -0.39 is 0 Å². The molecule has 0 aliphatic rings. The minimum Gasteiger partial charge on any atom is -0.335 e. The Morgan fingerprint density at radius 2 is 2.11 bits per heavy atom. The monoisotopic (exact) mass is 265 g/mol. The summed E-state index contributed by atoms with van der Waals surface area (Å²) in [5.74, 6) is 5.58. The summed E-state index contributed by atoms with van der Waals surface area (Å²) in [6.45, 7) is 6.91. The Morgan fingerprint density at radius 3 is 2.58 bits per heavy atom. The number of rotatable bonds is 7. The number of hydrogen-bond donors (Lipinski definition) is 2. The number of nitrogens with zero attached hydrogens (tertiary/aromatic N) is 3. The minimum atomic E-state index is -0.0813. The van der Waals surface area contributed by atoms with E-state index in [1.54, 1.807) is 12.1 Å². The van der Waals surface area contributed by atoms with E-state index in [9.17, 15) is 4.79 Å². The van der Waals surface area contributed by atoms with Crippen molar-refractivity contribution in [2.24, 2.45) is 5.84 Å². The molecule has 1 aromatic heterocycles. The smallest absolute Gasteiger partial charge is 0.274 e. The van der Waals surface area contributed by atoms with Crippen molar-refractivity contribution < 1.29 is 4.79 Å². The molecule has 0 radical (unpaired) electrons. The zero-order valence-corrected chi connectivity index (χ0v) is 11.9. The van der Waals surface area contributed by atoms with Crippen LogP contribution in [0.3, 0.4) is 0 Å². The Balaban J connectivity index is 2.74. The molecule has 0 aliphatic carbocycles. The third-order valence-corrected chi connectivity index (χ3v) is 2.92. The van der Waals surface area contributed by atoms with Gasteiger partial charge in [0.05, 0.1) is 0 Å². The van der Waals surface area contributed by atoms with Crippen LogP contribution >= 0.6 is 0 Å². The lowest BCUT2D eigenvalue weighted by Crippen LogP contribution is -2.38. The molecule has 0 fully saturated rings. The van der Waals surface area contributed by atoms with Crippen molar-refractivity contribution in [1.29, 1.82) is 0 Å². The zero-order chi connectivity index (χ0) is 14.3. The molecule has 1 aromatic rings. The Hall–Kier alpha value is -1.69. The van der Waals surface area contributed by atoms with Gasteiger partial charge in [0.1, 0.15) is 0 Å². The van der Waals surface area contributed by atoms with Crippen LogP contribution in [-0.4, -0.2) is 33.6 Å². The van der Waals surface area contributed by atoms with Gasteiger partial charge in [-0.1, -0.05) is 19.8 Å². The summed E-state index contributed by atoms with van der Waals surface area (Å²) in [6.07, 6.45) is 3.27. The SMILES string of the molecule is CCCCCN(C(=O)c1ccc(NN)nn1)C(C)C. The maximum absolute atomic E-state index is 12.4. The normalized spacial score (nSPS) is 10.6. The lowest BCUT2D eigenvalue weighted by molar-refractivity contribution is 0.0695. The molecule has 19 heavy (non-hydrogen) atoms. The molecule has 0 unspecified atom stereocenters. The minimum absolute atomic E-state index is 0.0813. The van der Waals surface area contributed by atoms with Crippen molar-refractivity contribution in [2.75, 3.05) is 12.0 Å². The molecule has 6 nitrogen and oxygen atoms in total. The lowest BCUT2D eigenvalue weighted by Gasteiger charge is -2.26. The van der Waals surface area contributed by atoms with Crippen LogP contribution in [0.5, 0.6) is 0 Å². The third kappa shape index (κ3) is 4.48. The quantitative estimate of drug-likeness (QED) is 0.446. The second-order valence-corrected chi connectivity index (χ2v) is 4.75. The fraction of sp³-hybridized carbons (Fsp3) is 0.615. The first kappa shape index (κ1) is 15.4. The Labute approximate surface area is 114 Å². The van der Waals surface area contributed by atoms with Crippen LogP contribution in [0.4, 0.5) is 5.82 Å². The summed E-state index contributed by atoms with van der Waals surface area (Å²) in [5.41, 5.74) is 2.74. The van der Waals surface area contributed by atoms with Gasteiger partial charge in [0.25, 0.3) is 5.91 Å². The number of unbranched alkanes of at least 4 members (excludes halogenated alkanes) is 2. The summed E-state index contributed by atoms with van der Waals surface area (Å²) in [4.78, 5) is 14.2. The fourth-order valence-corrected chi connectivity index (χ4v) is 1.80. The van der Waals surface area contributed by atoms with E-state index in [0.29, 0.717) is 11.5 Å². The predicted molar refractivity (Wildman–Crippen MR) is 75.5 cm³/mol. The van der Waals surface area contributed by atoms with Crippen LogP contribution < -0.4 is 11.3 Å². The van der Waals surface area contributed by atoms with Gasteiger partial charge in [-0.25, -0.2) is 5.84 Å². The van der Waals surface area contributed by atoms with E-state index in [1.807, 2.05) is 18.7 Å². The molecular weight excluding hydrogens is 242 g/mol. The molecule has 1 amide bonds. The van der Waals surface area contributed by atoms with Gasteiger partial charge in [-0.2, -0.15) is 0 Å². The first-order valence-corrected chi connectivity index (χ1v) is 6.71. The molecule has 0 atom stereocenters. The summed E-state index contributed by atoms with van der Waals surface area (Å²) in [7, 11) is 0. The first-order chi connectivity index (χ1) is 9.10. The van der Waals surface area contributed by atoms with Crippen molar-refractivity contribution in [3.63, 3.8) is 0 Å². The average molecular weight is 265 g/mol. The van der Waals surface area contributed by atoms with E-state index in [2.05, 4.69) is 22.5 Å². The molecule has 3 N–H and O–H groups in total. The van der Waals surface area contributed by atoms with E-state index in [4.69, 9.17) is 5.84 Å². The third-order valence-electron chi connectivity index (χ3n) is 2.92. The van der Waals surface area contributed by atoms with Gasteiger partial charge in [-0.05, 0) is 32.4 Å². The molecule has 0 aliphatic heterocycles. The fourth-order valence-electron chi connectivity index (χ4n) is 1.80. The van der Waals surface area contributed by atoms with Gasteiger partial charge in [0.15, 0.2) is 11.5 Å². The van der Waals surface area contributed by atoms with Gasteiger partial charge in [-0.3, -0.25) is 4.79 Å². The molecule has 0 saturated heterocycles. The highest BCUT2D eigenvalue weighted by Crippen LogP contribution is 2.09. The zero-order valence-electron chi connectivity index (χ0n) is 11.9. The molecule has 1 heterocycles. The highest BCUT2D eigenvalue weighted by Gasteiger charge is 2.19. The Kier molecular flexibility index (Phi) is 6.21. The molecule has 1 rings (SSSR count). The van der Waals surface area contributed by atoms with Crippen molar-refractivity contribution in [2.45, 2.75) is 46.1 Å². The largest absolute Gasteiger partial charge is 0.335 e. The molecule has 0 bridgehead atoms. The summed E-state index contributed by atoms with van der Waals surface area (Å²) >= 11 is 0. The highest BCUT2D eigenvalue weighted by atomic mass is 16.2. The van der Waals surface area contributed by atoms with Gasteiger partial charge in [-0.15, -0.1) is 10.2 Å². The molecule has 0 spiro atoms. The molecule has 0 aromatic carbocycles. The van der Waals surface area contributed by atoms with Crippen LogP contribution in [0.25, 0.3) is 0 Å². The number of aromatic nitrogens is 2. The number of nitrogens with two attached hydrogens (primary N) is 1.